The summed E-state index contributed by atoms with van der Waals surface area (Å²) >= 11 is 24.4. The molecule has 12 heteroatoms. The van der Waals surface area contributed by atoms with E-state index in [1.54, 1.807) is 37.3 Å². The van der Waals surface area contributed by atoms with Crippen molar-refractivity contribution in [1.82, 2.24) is 10.2 Å². The third-order valence-corrected chi connectivity index (χ3v) is 8.84. The number of benzene rings is 3. The zero-order valence-corrected chi connectivity index (χ0v) is 25.0. The van der Waals surface area contributed by atoms with Gasteiger partial charge >= 0.3 is 0 Å². The van der Waals surface area contributed by atoms with Gasteiger partial charge in [-0.05, 0) is 73.5 Å². The average molecular weight is 631 g/mol. The molecule has 0 aliphatic heterocycles. The number of rotatable bonds is 11. The maximum Gasteiger partial charge on any atom is 0.264 e. The molecule has 0 saturated heterocycles. The normalized spacial score (nSPS) is 12.1. The van der Waals surface area contributed by atoms with E-state index in [9.17, 15) is 18.0 Å². The Kier molecular flexibility index (Phi) is 10.9. The molecule has 0 aliphatic carbocycles. The van der Waals surface area contributed by atoms with E-state index in [0.717, 1.165) is 4.31 Å². The van der Waals surface area contributed by atoms with Crippen LogP contribution in [0.3, 0.4) is 0 Å². The minimum absolute atomic E-state index is 0.0131. The molecule has 3 aromatic carbocycles. The number of sulfonamides is 1. The van der Waals surface area contributed by atoms with Gasteiger partial charge in [-0.25, -0.2) is 8.42 Å². The van der Waals surface area contributed by atoms with E-state index in [0.29, 0.717) is 28.6 Å². The fourth-order valence-corrected chi connectivity index (χ4v) is 5.74. The molecule has 0 saturated carbocycles. The lowest BCUT2D eigenvalue weighted by Crippen LogP contribution is -2.51. The van der Waals surface area contributed by atoms with Gasteiger partial charge in [0, 0.05) is 23.1 Å². The molecule has 0 unspecified atom stereocenters. The van der Waals surface area contributed by atoms with Crippen LogP contribution in [0.5, 0.6) is 0 Å². The van der Waals surface area contributed by atoms with Crippen LogP contribution in [0.25, 0.3) is 0 Å². The third kappa shape index (κ3) is 8.02. The van der Waals surface area contributed by atoms with E-state index < -0.39 is 28.5 Å². The molecule has 0 aromatic heterocycles. The van der Waals surface area contributed by atoms with Gasteiger partial charge in [-0.2, -0.15) is 0 Å². The molecule has 2 amide bonds. The summed E-state index contributed by atoms with van der Waals surface area (Å²) in [6.07, 6.45) is 0.709. The molecule has 0 bridgehead atoms. The monoisotopic (exact) mass is 629 g/mol. The second-order valence-electron chi connectivity index (χ2n) is 8.68. The first-order valence-electron chi connectivity index (χ1n) is 12.0. The van der Waals surface area contributed by atoms with Crippen molar-refractivity contribution in [2.24, 2.45) is 0 Å². The van der Waals surface area contributed by atoms with Gasteiger partial charge in [0.15, 0.2) is 0 Å². The van der Waals surface area contributed by atoms with Crippen molar-refractivity contribution in [1.29, 1.82) is 0 Å². The molecule has 0 heterocycles. The molecular formula is C27H27Cl4N3O4S. The number of halogens is 4. The summed E-state index contributed by atoms with van der Waals surface area (Å²) in [5.74, 6) is -0.988. The Hall–Kier alpha value is -2.49. The highest BCUT2D eigenvalue weighted by atomic mass is 35.5. The van der Waals surface area contributed by atoms with Crippen LogP contribution < -0.4 is 9.62 Å². The first-order valence-corrected chi connectivity index (χ1v) is 14.9. The van der Waals surface area contributed by atoms with Crippen molar-refractivity contribution in [3.8, 4) is 0 Å². The average Bonchev–Trinajstić information content (AvgIpc) is 2.90. The van der Waals surface area contributed by atoms with Crippen LogP contribution in [0.2, 0.25) is 20.1 Å². The second-order valence-corrected chi connectivity index (χ2v) is 12.2. The van der Waals surface area contributed by atoms with Crippen molar-refractivity contribution in [3.05, 3.63) is 92.4 Å². The van der Waals surface area contributed by atoms with Gasteiger partial charge in [0.25, 0.3) is 10.0 Å². The van der Waals surface area contributed by atoms with Gasteiger partial charge in [0.2, 0.25) is 11.8 Å². The van der Waals surface area contributed by atoms with Crippen LogP contribution in [0.1, 0.15) is 25.8 Å². The molecular weight excluding hydrogens is 604 g/mol. The number of hydrogen-bond acceptors (Lipinski definition) is 4. The van der Waals surface area contributed by atoms with E-state index in [4.69, 9.17) is 46.4 Å². The predicted octanol–water partition coefficient (Wildman–Crippen LogP) is 6.44. The summed E-state index contributed by atoms with van der Waals surface area (Å²) in [6, 6.07) is 15.7. The van der Waals surface area contributed by atoms with Gasteiger partial charge in [0.05, 0.1) is 20.6 Å². The van der Waals surface area contributed by atoms with Crippen LogP contribution in [0.15, 0.2) is 71.6 Å². The molecule has 0 aliphatic rings. The van der Waals surface area contributed by atoms with E-state index in [1.165, 1.54) is 41.3 Å². The van der Waals surface area contributed by atoms with E-state index in [2.05, 4.69) is 5.32 Å². The number of nitrogens with one attached hydrogen (secondary N) is 1. The number of nitrogens with zero attached hydrogens (tertiary/aromatic N) is 2. The van der Waals surface area contributed by atoms with E-state index >= 15 is 0 Å². The Bertz CT molecular complexity index is 1440. The Morgan fingerprint density at radius 1 is 0.897 bits per heavy atom. The van der Waals surface area contributed by atoms with Crippen LogP contribution in [-0.2, 0) is 26.2 Å². The number of amides is 2. The minimum Gasteiger partial charge on any atom is -0.354 e. The van der Waals surface area contributed by atoms with Gasteiger partial charge < -0.3 is 10.2 Å². The van der Waals surface area contributed by atoms with Crippen LogP contribution in [-0.4, -0.2) is 44.3 Å². The molecule has 0 radical (unpaired) electrons. The summed E-state index contributed by atoms with van der Waals surface area (Å²) in [6.45, 7) is 3.31. The summed E-state index contributed by atoms with van der Waals surface area (Å²) < 4.78 is 28.5. The maximum atomic E-state index is 13.8. The molecule has 1 N–H and O–H groups in total. The number of hydrogen-bond donors (Lipinski definition) is 1. The van der Waals surface area contributed by atoms with Gasteiger partial charge in [-0.15, -0.1) is 0 Å². The van der Waals surface area contributed by atoms with Gasteiger partial charge in [-0.1, -0.05) is 65.5 Å². The van der Waals surface area contributed by atoms with Crippen LogP contribution >= 0.6 is 46.4 Å². The highest BCUT2D eigenvalue weighted by Crippen LogP contribution is 2.28. The second kappa shape index (κ2) is 13.7. The lowest BCUT2D eigenvalue weighted by molar-refractivity contribution is -0.139. The smallest absolute Gasteiger partial charge is 0.264 e. The Morgan fingerprint density at radius 3 is 2.21 bits per heavy atom. The number of anilines is 1. The largest absolute Gasteiger partial charge is 0.354 e. The lowest BCUT2D eigenvalue weighted by Gasteiger charge is -2.32. The molecule has 1 atom stereocenters. The summed E-state index contributed by atoms with van der Waals surface area (Å²) in [7, 11) is -4.23. The standard InChI is InChI=1S/C27H27Cl4N3O4S/c1-3-13-32-27(36)18(2)33(16-19-7-12-24(30)25(31)14-19)26(35)17-34(22-6-4-5-21(29)15-22)39(37,38)23-10-8-20(28)9-11-23/h4-12,14-15,18H,3,13,16-17H2,1-2H3,(H,32,36)/t18-/m1/s1. The molecule has 3 rings (SSSR count). The number of carbonyl (C=O) groups excluding carboxylic acids is 2. The highest BCUT2D eigenvalue weighted by Gasteiger charge is 2.32. The topological polar surface area (TPSA) is 86.8 Å². The van der Waals surface area contributed by atoms with Crippen molar-refractivity contribution >= 4 is 73.9 Å². The van der Waals surface area contributed by atoms with Gasteiger partial charge in [-0.3, -0.25) is 13.9 Å². The van der Waals surface area contributed by atoms with Crippen molar-refractivity contribution in [2.75, 3.05) is 17.4 Å². The molecule has 7 nitrogen and oxygen atoms in total. The number of carbonyl (C=O) groups is 2. The van der Waals surface area contributed by atoms with E-state index in [1.807, 2.05) is 6.92 Å². The first-order chi connectivity index (χ1) is 18.4. The predicted molar refractivity (Wildman–Crippen MR) is 157 cm³/mol. The molecule has 208 valence electrons. The molecule has 39 heavy (non-hydrogen) atoms. The zero-order valence-electron chi connectivity index (χ0n) is 21.2. The third-order valence-electron chi connectivity index (χ3n) is 5.83. The zero-order chi connectivity index (χ0) is 28.7. The Balaban J connectivity index is 2.03. The summed E-state index contributed by atoms with van der Waals surface area (Å²) in [5, 5.41) is 4.06. The fraction of sp³-hybridized carbons (Fsp3) is 0.259. The fourth-order valence-electron chi connectivity index (χ4n) is 3.71. The highest BCUT2D eigenvalue weighted by molar-refractivity contribution is 7.92. The summed E-state index contributed by atoms with van der Waals surface area (Å²) in [5.41, 5.74) is 0.797. The SMILES string of the molecule is CCCNC(=O)[C@@H](C)N(Cc1ccc(Cl)c(Cl)c1)C(=O)CN(c1cccc(Cl)c1)S(=O)(=O)c1ccc(Cl)cc1. The Morgan fingerprint density at radius 2 is 1.59 bits per heavy atom. The van der Waals surface area contributed by atoms with Crippen molar-refractivity contribution < 1.29 is 18.0 Å². The minimum atomic E-state index is -4.23. The quantitative estimate of drug-likeness (QED) is 0.264. The van der Waals surface area contributed by atoms with Crippen molar-refractivity contribution in [2.45, 2.75) is 37.8 Å². The first kappa shape index (κ1) is 31.0. The molecule has 3 aromatic rings. The lowest BCUT2D eigenvalue weighted by atomic mass is 10.1. The van der Waals surface area contributed by atoms with E-state index in [-0.39, 0.29) is 33.1 Å². The molecule has 0 spiro atoms. The summed E-state index contributed by atoms with van der Waals surface area (Å²) in [4.78, 5) is 28.0. The maximum absolute atomic E-state index is 13.8. The van der Waals surface area contributed by atoms with Gasteiger partial charge in [0.1, 0.15) is 12.6 Å². The Labute approximate surface area is 248 Å². The van der Waals surface area contributed by atoms with Crippen LogP contribution in [0.4, 0.5) is 5.69 Å². The molecule has 0 fully saturated rings. The van der Waals surface area contributed by atoms with Crippen LogP contribution in [0, 0.1) is 0 Å². The van der Waals surface area contributed by atoms with Crippen molar-refractivity contribution in [3.63, 3.8) is 0 Å².